The van der Waals surface area contributed by atoms with Gasteiger partial charge in [0.25, 0.3) is 0 Å². The van der Waals surface area contributed by atoms with Crippen LogP contribution in [-0.4, -0.2) is 60.0 Å². The molecule has 0 aliphatic carbocycles. The Morgan fingerprint density at radius 2 is 2.14 bits per heavy atom. The number of aromatic nitrogens is 5. The van der Waals surface area contributed by atoms with Crippen molar-refractivity contribution in [2.45, 2.75) is 50.9 Å². The molecule has 3 rings (SSSR count). The van der Waals surface area contributed by atoms with Gasteiger partial charge in [-0.3, -0.25) is 4.79 Å². The van der Waals surface area contributed by atoms with E-state index in [0.717, 1.165) is 10.6 Å². The van der Waals surface area contributed by atoms with Crippen LogP contribution in [0.3, 0.4) is 0 Å². The van der Waals surface area contributed by atoms with E-state index in [1.165, 1.54) is 23.1 Å². The number of anilines is 1. The van der Waals surface area contributed by atoms with Crippen LogP contribution >= 0.6 is 23.1 Å². The van der Waals surface area contributed by atoms with Gasteiger partial charge >= 0.3 is 6.09 Å². The molecule has 0 unspecified atom stereocenters. The van der Waals surface area contributed by atoms with Gasteiger partial charge in [0.05, 0.1) is 12.2 Å². The van der Waals surface area contributed by atoms with Gasteiger partial charge in [-0.05, 0) is 31.2 Å². The van der Waals surface area contributed by atoms with Crippen molar-refractivity contribution in [3.63, 3.8) is 0 Å². The number of carbonyl (C=O) groups excluding carboxylic acids is 2. The molecule has 2 aromatic rings. The first-order chi connectivity index (χ1) is 13.2. The summed E-state index contributed by atoms with van der Waals surface area (Å²) in [6.07, 6.45) is 0.648. The summed E-state index contributed by atoms with van der Waals surface area (Å²) < 4.78 is 6.99. The molecule has 10 nitrogen and oxygen atoms in total. The number of thioether (sulfide) groups is 1. The van der Waals surface area contributed by atoms with Crippen LogP contribution in [-0.2, 0) is 29.5 Å². The molecule has 12 heteroatoms. The van der Waals surface area contributed by atoms with Crippen molar-refractivity contribution >= 4 is 40.2 Å². The molecule has 2 aromatic heterocycles. The lowest BCUT2D eigenvalue weighted by atomic mass is 10.2. The zero-order valence-corrected chi connectivity index (χ0v) is 17.9. The lowest BCUT2D eigenvalue weighted by molar-refractivity contribution is -0.115. The van der Waals surface area contributed by atoms with Crippen LogP contribution < -0.4 is 5.32 Å². The summed E-state index contributed by atoms with van der Waals surface area (Å²) in [4.78, 5) is 31.6. The summed E-state index contributed by atoms with van der Waals surface area (Å²) in [5, 5.41) is 15.2. The van der Waals surface area contributed by atoms with Crippen LogP contribution in [0.25, 0.3) is 0 Å². The van der Waals surface area contributed by atoms with E-state index in [1.807, 2.05) is 20.8 Å². The zero-order chi connectivity index (χ0) is 20.3. The monoisotopic (exact) mass is 425 g/mol. The molecule has 0 spiro atoms. The third kappa shape index (κ3) is 5.41. The molecule has 28 heavy (non-hydrogen) atoms. The van der Waals surface area contributed by atoms with Gasteiger partial charge in [-0.25, -0.2) is 14.5 Å². The molecular weight excluding hydrogens is 402 g/mol. The van der Waals surface area contributed by atoms with Crippen molar-refractivity contribution in [3.05, 3.63) is 10.6 Å². The number of nitrogens with zero attached hydrogens (tertiary/aromatic N) is 6. The summed E-state index contributed by atoms with van der Waals surface area (Å²) in [5.74, 6) is 0.454. The molecule has 1 N–H and O–H groups in total. The van der Waals surface area contributed by atoms with Gasteiger partial charge in [0, 0.05) is 37.1 Å². The third-order valence-corrected chi connectivity index (χ3v) is 5.78. The lowest BCUT2D eigenvalue weighted by Gasteiger charge is -2.29. The quantitative estimate of drug-likeness (QED) is 0.724. The number of fused-ring (bicyclic) bond motifs is 1. The Kier molecular flexibility index (Phi) is 6.18. The topological polar surface area (TPSA) is 115 Å². The number of rotatable bonds is 5. The molecule has 0 atom stereocenters. The lowest BCUT2D eigenvalue weighted by Crippen LogP contribution is -2.39. The SMILES string of the molecule is Cn1nnnc1SCCC(=O)Nc1nc2c(s1)CN(C(=O)OC(C)(C)C)CC2. The first-order valence-electron chi connectivity index (χ1n) is 8.83. The van der Waals surface area contributed by atoms with Crippen molar-refractivity contribution in [3.8, 4) is 0 Å². The van der Waals surface area contributed by atoms with Crippen molar-refractivity contribution in [1.29, 1.82) is 0 Å². The number of carbonyl (C=O) groups is 2. The summed E-state index contributed by atoms with van der Waals surface area (Å²) >= 11 is 2.82. The number of nitrogens with one attached hydrogen (secondary N) is 1. The normalized spacial score (nSPS) is 13.9. The highest BCUT2D eigenvalue weighted by Crippen LogP contribution is 2.29. The van der Waals surface area contributed by atoms with Crippen LogP contribution in [0.4, 0.5) is 9.93 Å². The van der Waals surface area contributed by atoms with Gasteiger partial charge in [-0.15, -0.1) is 5.10 Å². The number of hydrogen-bond acceptors (Lipinski definition) is 9. The molecule has 0 aromatic carbocycles. The highest BCUT2D eigenvalue weighted by atomic mass is 32.2. The number of ether oxygens (including phenoxy) is 1. The van der Waals surface area contributed by atoms with E-state index in [4.69, 9.17) is 4.74 Å². The van der Waals surface area contributed by atoms with Gasteiger partial charge < -0.3 is 15.0 Å². The van der Waals surface area contributed by atoms with E-state index < -0.39 is 5.60 Å². The molecular formula is C16H23N7O3S2. The number of amides is 2. The van der Waals surface area contributed by atoms with Gasteiger partial charge in [0.1, 0.15) is 5.60 Å². The Morgan fingerprint density at radius 1 is 1.36 bits per heavy atom. The van der Waals surface area contributed by atoms with E-state index >= 15 is 0 Å². The smallest absolute Gasteiger partial charge is 0.410 e. The van der Waals surface area contributed by atoms with Gasteiger partial charge in [0.15, 0.2) is 5.13 Å². The number of thiazole rings is 1. The Bertz CT molecular complexity index is 859. The second-order valence-electron chi connectivity index (χ2n) is 7.27. The third-order valence-electron chi connectivity index (χ3n) is 3.77. The maximum atomic E-state index is 12.2. The maximum Gasteiger partial charge on any atom is 0.410 e. The summed E-state index contributed by atoms with van der Waals surface area (Å²) in [7, 11) is 1.75. The fraction of sp³-hybridized carbons (Fsp3) is 0.625. The van der Waals surface area contributed by atoms with Crippen LogP contribution in [0.15, 0.2) is 5.16 Å². The summed E-state index contributed by atoms with van der Waals surface area (Å²) in [5.41, 5.74) is 0.406. The van der Waals surface area contributed by atoms with E-state index in [-0.39, 0.29) is 12.0 Å². The summed E-state index contributed by atoms with van der Waals surface area (Å²) in [6.45, 7) is 6.55. The summed E-state index contributed by atoms with van der Waals surface area (Å²) in [6, 6.07) is 0. The van der Waals surface area contributed by atoms with Crippen LogP contribution in [0.2, 0.25) is 0 Å². The molecule has 1 aliphatic heterocycles. The largest absolute Gasteiger partial charge is 0.444 e. The predicted octanol–water partition coefficient (Wildman–Crippen LogP) is 2.08. The van der Waals surface area contributed by atoms with Gasteiger partial charge in [0.2, 0.25) is 11.1 Å². The second-order valence-corrected chi connectivity index (χ2v) is 9.42. The van der Waals surface area contributed by atoms with Crippen molar-refractivity contribution in [2.24, 2.45) is 7.05 Å². The molecule has 3 heterocycles. The fourth-order valence-corrected chi connectivity index (χ4v) is 4.32. The van der Waals surface area contributed by atoms with E-state index in [1.54, 1.807) is 16.6 Å². The van der Waals surface area contributed by atoms with Crippen molar-refractivity contribution in [2.75, 3.05) is 17.6 Å². The highest BCUT2D eigenvalue weighted by Gasteiger charge is 2.28. The van der Waals surface area contributed by atoms with Gasteiger partial charge in [-0.1, -0.05) is 23.1 Å². The number of hydrogen-bond donors (Lipinski definition) is 1. The predicted molar refractivity (Wildman–Crippen MR) is 105 cm³/mol. The van der Waals surface area contributed by atoms with Crippen LogP contribution in [0.5, 0.6) is 0 Å². The first kappa shape index (κ1) is 20.5. The van der Waals surface area contributed by atoms with Crippen LogP contribution in [0, 0.1) is 0 Å². The van der Waals surface area contributed by atoms with Crippen molar-refractivity contribution < 1.29 is 14.3 Å². The Balaban J connectivity index is 1.50. The Hall–Kier alpha value is -2.21. The molecule has 0 fully saturated rings. The maximum absolute atomic E-state index is 12.2. The minimum atomic E-state index is -0.525. The van der Waals surface area contributed by atoms with Crippen molar-refractivity contribution in [1.82, 2.24) is 30.1 Å². The minimum absolute atomic E-state index is 0.113. The highest BCUT2D eigenvalue weighted by molar-refractivity contribution is 7.99. The number of aryl methyl sites for hydroxylation is 1. The molecule has 152 valence electrons. The molecule has 0 radical (unpaired) electrons. The van der Waals surface area contributed by atoms with E-state index in [2.05, 4.69) is 25.8 Å². The first-order valence-corrected chi connectivity index (χ1v) is 10.6. The second kappa shape index (κ2) is 8.43. The van der Waals surface area contributed by atoms with Gasteiger partial charge in [-0.2, -0.15) is 0 Å². The molecule has 0 saturated heterocycles. The molecule has 2 amide bonds. The Morgan fingerprint density at radius 3 is 2.82 bits per heavy atom. The minimum Gasteiger partial charge on any atom is -0.444 e. The Labute approximate surface area is 171 Å². The number of tetrazole rings is 1. The van der Waals surface area contributed by atoms with E-state index in [9.17, 15) is 9.59 Å². The zero-order valence-electron chi connectivity index (χ0n) is 16.3. The molecule has 0 saturated carbocycles. The molecule has 0 bridgehead atoms. The average molecular weight is 426 g/mol. The van der Waals surface area contributed by atoms with E-state index in [0.29, 0.717) is 42.0 Å². The standard InChI is InChI=1S/C16H23N7O3S2/c1-16(2,3)26-15(25)23-7-5-10-11(9-23)28-13(17-10)18-12(24)6-8-27-14-19-20-21-22(14)4/h5-9H2,1-4H3,(H,17,18,24). The average Bonchev–Trinajstić information content (AvgIpc) is 3.18. The molecule has 1 aliphatic rings. The van der Waals surface area contributed by atoms with Crippen LogP contribution in [0.1, 0.15) is 37.8 Å². The fourth-order valence-electron chi connectivity index (χ4n) is 2.49.